The largest absolute Gasteiger partial charge is 0.347 e. The third-order valence-corrected chi connectivity index (χ3v) is 2.25. The van der Waals surface area contributed by atoms with Crippen molar-refractivity contribution in [3.05, 3.63) is 0 Å². The molecular formula is C12H20N2O2. The number of terminal acetylenes is 1. The van der Waals surface area contributed by atoms with Gasteiger partial charge in [0.05, 0.1) is 13.1 Å². The molecule has 0 unspecified atom stereocenters. The van der Waals surface area contributed by atoms with E-state index in [2.05, 4.69) is 23.5 Å². The number of nitrogens with one attached hydrogen (secondary N) is 2. The molecule has 0 saturated carbocycles. The lowest BCUT2D eigenvalue weighted by molar-refractivity contribution is -0.128. The maximum atomic E-state index is 11.5. The highest BCUT2D eigenvalue weighted by Crippen LogP contribution is 2.06. The van der Waals surface area contributed by atoms with E-state index in [9.17, 15) is 9.59 Å². The molecule has 0 aromatic heterocycles. The topological polar surface area (TPSA) is 58.2 Å². The Hall–Kier alpha value is -1.50. The zero-order valence-corrected chi connectivity index (χ0v) is 10.0. The van der Waals surface area contributed by atoms with Crippen LogP contribution in [-0.4, -0.2) is 24.9 Å². The Balaban J connectivity index is 3.71. The number of carbonyl (C=O) groups is 2. The highest BCUT2D eigenvalue weighted by Gasteiger charge is 2.12. The average Bonchev–Trinajstić information content (AvgIpc) is 2.30. The molecule has 0 fully saturated rings. The van der Waals surface area contributed by atoms with Gasteiger partial charge in [-0.3, -0.25) is 9.59 Å². The van der Waals surface area contributed by atoms with E-state index in [4.69, 9.17) is 6.42 Å². The second kappa shape index (κ2) is 8.78. The molecule has 0 radical (unpaired) electrons. The lowest BCUT2D eigenvalue weighted by atomic mass is 10.0. The van der Waals surface area contributed by atoms with Gasteiger partial charge < -0.3 is 10.6 Å². The maximum absolute atomic E-state index is 11.5. The zero-order chi connectivity index (χ0) is 12.4. The minimum Gasteiger partial charge on any atom is -0.347 e. The Morgan fingerprint density at radius 3 is 2.62 bits per heavy atom. The van der Waals surface area contributed by atoms with Crippen LogP contribution in [0.25, 0.3) is 0 Å². The van der Waals surface area contributed by atoms with Crippen LogP contribution in [0.15, 0.2) is 0 Å². The van der Waals surface area contributed by atoms with E-state index in [1.807, 2.05) is 6.92 Å². The summed E-state index contributed by atoms with van der Waals surface area (Å²) in [6, 6.07) is 0. The van der Waals surface area contributed by atoms with E-state index >= 15 is 0 Å². The molecule has 90 valence electrons. The van der Waals surface area contributed by atoms with E-state index in [-0.39, 0.29) is 30.8 Å². The molecule has 0 heterocycles. The van der Waals surface area contributed by atoms with Gasteiger partial charge in [0.15, 0.2) is 0 Å². The summed E-state index contributed by atoms with van der Waals surface area (Å²) in [6.07, 6.45) is 7.93. The van der Waals surface area contributed by atoms with Gasteiger partial charge in [-0.1, -0.05) is 32.6 Å². The first-order valence-electron chi connectivity index (χ1n) is 5.59. The van der Waals surface area contributed by atoms with Crippen LogP contribution < -0.4 is 10.6 Å². The molecule has 0 rings (SSSR count). The Morgan fingerprint density at radius 2 is 2.06 bits per heavy atom. The van der Waals surface area contributed by atoms with Crippen LogP contribution in [0.1, 0.15) is 33.1 Å². The smallest absolute Gasteiger partial charge is 0.240 e. The molecule has 0 spiro atoms. The van der Waals surface area contributed by atoms with Crippen LogP contribution in [0, 0.1) is 18.3 Å². The number of unbranched alkanes of at least 4 members (excludes halogenated alkanes) is 1. The summed E-state index contributed by atoms with van der Waals surface area (Å²) in [6.45, 7) is 4.14. The third kappa shape index (κ3) is 6.88. The van der Waals surface area contributed by atoms with Crippen LogP contribution in [0.5, 0.6) is 0 Å². The predicted molar refractivity (Wildman–Crippen MR) is 63.5 cm³/mol. The first-order valence-corrected chi connectivity index (χ1v) is 5.59. The molecule has 0 saturated heterocycles. The summed E-state index contributed by atoms with van der Waals surface area (Å²) in [5.41, 5.74) is 0. The normalized spacial score (nSPS) is 11.3. The van der Waals surface area contributed by atoms with E-state index < -0.39 is 0 Å². The summed E-state index contributed by atoms with van der Waals surface area (Å²) in [7, 11) is 0. The van der Waals surface area contributed by atoms with Crippen molar-refractivity contribution in [3.63, 3.8) is 0 Å². The maximum Gasteiger partial charge on any atom is 0.240 e. The number of amides is 2. The quantitative estimate of drug-likeness (QED) is 0.625. The molecule has 0 aliphatic rings. The summed E-state index contributed by atoms with van der Waals surface area (Å²) >= 11 is 0. The van der Waals surface area contributed by atoms with Crippen LogP contribution in [0.4, 0.5) is 0 Å². The summed E-state index contributed by atoms with van der Waals surface area (Å²) in [5, 5.41) is 5.06. The number of hydrogen-bond donors (Lipinski definition) is 2. The first kappa shape index (κ1) is 14.5. The number of hydrogen-bond acceptors (Lipinski definition) is 2. The summed E-state index contributed by atoms with van der Waals surface area (Å²) in [5.74, 6) is 1.92. The van der Waals surface area contributed by atoms with Crippen LogP contribution in [0.3, 0.4) is 0 Å². The van der Waals surface area contributed by atoms with Crippen molar-refractivity contribution in [2.75, 3.05) is 13.1 Å². The molecule has 2 N–H and O–H groups in total. The Morgan fingerprint density at radius 1 is 1.38 bits per heavy atom. The lowest BCUT2D eigenvalue weighted by Gasteiger charge is -2.11. The van der Waals surface area contributed by atoms with Gasteiger partial charge in [-0.05, 0) is 6.42 Å². The molecule has 0 aromatic rings. The minimum absolute atomic E-state index is 0.00300. The molecule has 0 aromatic carbocycles. The minimum atomic E-state index is -0.256. The van der Waals surface area contributed by atoms with Crippen LogP contribution in [-0.2, 0) is 9.59 Å². The van der Waals surface area contributed by atoms with Crippen molar-refractivity contribution < 1.29 is 9.59 Å². The standard InChI is InChI=1S/C12H20N2O2/c1-4-6-7-10(3)12(16)14-9-11(15)13-8-5-2/h2,10H,4,6-9H2,1,3H3,(H,13,15)(H,14,16)/t10-/m1/s1. The second-order valence-electron chi connectivity index (χ2n) is 3.74. The van der Waals surface area contributed by atoms with Crippen LogP contribution >= 0.6 is 0 Å². The van der Waals surface area contributed by atoms with E-state index in [0.717, 1.165) is 19.3 Å². The van der Waals surface area contributed by atoms with Gasteiger partial charge in [-0.25, -0.2) is 0 Å². The molecule has 16 heavy (non-hydrogen) atoms. The van der Waals surface area contributed by atoms with Crippen molar-refractivity contribution in [2.24, 2.45) is 5.92 Å². The summed E-state index contributed by atoms with van der Waals surface area (Å²) < 4.78 is 0. The Labute approximate surface area is 97.2 Å². The average molecular weight is 224 g/mol. The molecule has 0 bridgehead atoms. The number of rotatable bonds is 7. The fourth-order valence-corrected chi connectivity index (χ4v) is 1.20. The molecule has 4 heteroatoms. The third-order valence-electron chi connectivity index (χ3n) is 2.25. The van der Waals surface area contributed by atoms with Crippen molar-refractivity contribution in [1.29, 1.82) is 0 Å². The van der Waals surface area contributed by atoms with Crippen molar-refractivity contribution in [2.45, 2.75) is 33.1 Å². The molecule has 2 amide bonds. The first-order chi connectivity index (χ1) is 7.61. The molecule has 1 atom stereocenters. The van der Waals surface area contributed by atoms with Gasteiger partial charge in [0, 0.05) is 5.92 Å². The van der Waals surface area contributed by atoms with Gasteiger partial charge in [-0.2, -0.15) is 0 Å². The van der Waals surface area contributed by atoms with E-state index in [1.165, 1.54) is 0 Å². The van der Waals surface area contributed by atoms with Crippen molar-refractivity contribution >= 4 is 11.8 Å². The SMILES string of the molecule is C#CCNC(=O)CNC(=O)[C@H](C)CCCC. The monoisotopic (exact) mass is 224 g/mol. The Kier molecular flexibility index (Phi) is 7.96. The van der Waals surface area contributed by atoms with Crippen molar-refractivity contribution in [3.8, 4) is 12.3 Å². The molecule has 0 aliphatic heterocycles. The molecular weight excluding hydrogens is 204 g/mol. The van der Waals surface area contributed by atoms with Gasteiger partial charge in [0.2, 0.25) is 11.8 Å². The fraction of sp³-hybridized carbons (Fsp3) is 0.667. The zero-order valence-electron chi connectivity index (χ0n) is 10.0. The highest BCUT2D eigenvalue weighted by atomic mass is 16.2. The van der Waals surface area contributed by atoms with E-state index in [1.54, 1.807) is 0 Å². The lowest BCUT2D eigenvalue weighted by Crippen LogP contribution is -2.39. The van der Waals surface area contributed by atoms with Crippen molar-refractivity contribution in [1.82, 2.24) is 10.6 Å². The summed E-state index contributed by atoms with van der Waals surface area (Å²) in [4.78, 5) is 22.6. The predicted octanol–water partition coefficient (Wildman–Crippen LogP) is 0.678. The molecule has 0 aliphatic carbocycles. The fourth-order valence-electron chi connectivity index (χ4n) is 1.20. The van der Waals surface area contributed by atoms with Crippen LogP contribution in [0.2, 0.25) is 0 Å². The Bertz CT molecular complexity index is 269. The second-order valence-corrected chi connectivity index (χ2v) is 3.74. The number of carbonyl (C=O) groups excluding carboxylic acids is 2. The van der Waals surface area contributed by atoms with Gasteiger partial charge in [0.25, 0.3) is 0 Å². The van der Waals surface area contributed by atoms with Gasteiger partial charge >= 0.3 is 0 Å². The van der Waals surface area contributed by atoms with Gasteiger partial charge in [0.1, 0.15) is 0 Å². The highest BCUT2D eigenvalue weighted by molar-refractivity contribution is 5.85. The van der Waals surface area contributed by atoms with Gasteiger partial charge in [-0.15, -0.1) is 6.42 Å². The molecule has 4 nitrogen and oxygen atoms in total. The van der Waals surface area contributed by atoms with E-state index in [0.29, 0.717) is 0 Å².